The number of ether oxygens (including phenoxy) is 1. The number of aromatic nitrogens is 2. The highest BCUT2D eigenvalue weighted by Gasteiger charge is 2.22. The summed E-state index contributed by atoms with van der Waals surface area (Å²) < 4.78 is 7.20. The minimum absolute atomic E-state index is 0.527. The standard InChI is InChI=1S/C10H14N2O2/c1-7(2)3-12-10-6-14-5-8(10)9(4-13)11-12/h4,7H,3,5-6H2,1-2H3. The topological polar surface area (TPSA) is 44.1 Å². The van der Waals surface area contributed by atoms with Gasteiger partial charge in [0, 0.05) is 12.1 Å². The molecule has 0 aliphatic carbocycles. The second-order valence-corrected chi connectivity index (χ2v) is 4.00. The molecule has 0 radical (unpaired) electrons. The van der Waals surface area contributed by atoms with Gasteiger partial charge in [-0.15, -0.1) is 0 Å². The summed E-state index contributed by atoms with van der Waals surface area (Å²) in [4.78, 5) is 10.7. The fourth-order valence-corrected chi connectivity index (χ4v) is 1.71. The zero-order valence-electron chi connectivity index (χ0n) is 8.49. The van der Waals surface area contributed by atoms with Crippen molar-refractivity contribution in [2.75, 3.05) is 0 Å². The molecular formula is C10H14N2O2. The first-order valence-corrected chi connectivity index (χ1v) is 4.84. The Labute approximate surface area is 82.9 Å². The second-order valence-electron chi connectivity index (χ2n) is 4.00. The third-order valence-corrected chi connectivity index (χ3v) is 2.33. The maximum absolute atomic E-state index is 10.7. The molecular weight excluding hydrogens is 180 g/mol. The number of nitrogens with zero attached hydrogens (tertiary/aromatic N) is 2. The van der Waals surface area contributed by atoms with Gasteiger partial charge in [0.05, 0.1) is 18.9 Å². The molecule has 0 N–H and O–H groups in total. The van der Waals surface area contributed by atoms with Crippen LogP contribution < -0.4 is 0 Å². The Morgan fingerprint density at radius 3 is 3.00 bits per heavy atom. The lowest BCUT2D eigenvalue weighted by Crippen LogP contribution is -2.09. The number of hydrogen-bond acceptors (Lipinski definition) is 3. The summed E-state index contributed by atoms with van der Waals surface area (Å²) in [6, 6.07) is 0. The van der Waals surface area contributed by atoms with Gasteiger partial charge in [-0.1, -0.05) is 13.8 Å². The maximum atomic E-state index is 10.7. The van der Waals surface area contributed by atoms with Gasteiger partial charge in [0.15, 0.2) is 6.29 Å². The van der Waals surface area contributed by atoms with Crippen molar-refractivity contribution in [2.45, 2.75) is 33.6 Å². The van der Waals surface area contributed by atoms with Crippen molar-refractivity contribution in [3.63, 3.8) is 0 Å². The summed E-state index contributed by atoms with van der Waals surface area (Å²) in [5.41, 5.74) is 2.58. The molecule has 4 heteroatoms. The van der Waals surface area contributed by atoms with Crippen molar-refractivity contribution in [3.8, 4) is 0 Å². The zero-order chi connectivity index (χ0) is 10.1. The molecule has 0 amide bonds. The molecule has 1 aliphatic rings. The molecule has 14 heavy (non-hydrogen) atoms. The van der Waals surface area contributed by atoms with Crippen molar-refractivity contribution in [2.24, 2.45) is 5.92 Å². The van der Waals surface area contributed by atoms with Gasteiger partial charge in [-0.2, -0.15) is 5.10 Å². The monoisotopic (exact) mass is 194 g/mol. The van der Waals surface area contributed by atoms with Crippen LogP contribution in [0.1, 0.15) is 35.6 Å². The van der Waals surface area contributed by atoms with Crippen molar-refractivity contribution in [1.82, 2.24) is 9.78 Å². The number of rotatable bonds is 3. The van der Waals surface area contributed by atoms with E-state index in [1.165, 1.54) is 0 Å². The van der Waals surface area contributed by atoms with Gasteiger partial charge in [-0.05, 0) is 5.92 Å². The first kappa shape index (κ1) is 9.40. The number of carbonyl (C=O) groups excluding carboxylic acids is 1. The molecule has 0 atom stereocenters. The normalized spacial score (nSPS) is 14.8. The Kier molecular flexibility index (Phi) is 2.37. The van der Waals surface area contributed by atoms with Gasteiger partial charge in [0.1, 0.15) is 5.69 Å². The molecule has 76 valence electrons. The van der Waals surface area contributed by atoms with Crippen LogP contribution in [0.4, 0.5) is 0 Å². The first-order chi connectivity index (χ1) is 6.72. The molecule has 2 heterocycles. The van der Waals surface area contributed by atoms with Crippen LogP contribution in [0.2, 0.25) is 0 Å². The molecule has 0 unspecified atom stereocenters. The van der Waals surface area contributed by atoms with Crippen LogP contribution in [0, 0.1) is 5.92 Å². The van der Waals surface area contributed by atoms with E-state index in [2.05, 4.69) is 18.9 Å². The Hall–Kier alpha value is -1.16. The maximum Gasteiger partial charge on any atom is 0.170 e. The van der Waals surface area contributed by atoms with Gasteiger partial charge in [-0.25, -0.2) is 0 Å². The minimum Gasteiger partial charge on any atom is -0.370 e. The third-order valence-electron chi connectivity index (χ3n) is 2.33. The van der Waals surface area contributed by atoms with Gasteiger partial charge in [-0.3, -0.25) is 9.48 Å². The molecule has 0 aromatic carbocycles. The molecule has 0 saturated heterocycles. The van der Waals surface area contributed by atoms with E-state index in [1.54, 1.807) is 0 Å². The highest BCUT2D eigenvalue weighted by atomic mass is 16.5. The van der Waals surface area contributed by atoms with Crippen LogP contribution in [0.25, 0.3) is 0 Å². The van der Waals surface area contributed by atoms with E-state index in [4.69, 9.17) is 4.74 Å². The van der Waals surface area contributed by atoms with E-state index in [0.717, 1.165) is 24.1 Å². The van der Waals surface area contributed by atoms with Crippen LogP contribution in [0.3, 0.4) is 0 Å². The Bertz CT molecular complexity index is 355. The van der Waals surface area contributed by atoms with Gasteiger partial charge >= 0.3 is 0 Å². The number of fused-ring (bicyclic) bond motifs is 1. The summed E-state index contributed by atoms with van der Waals surface area (Å²) in [5.74, 6) is 0.527. The predicted octanol–water partition coefficient (Wildman–Crippen LogP) is 1.38. The SMILES string of the molecule is CC(C)Cn1nc(C=O)c2c1COC2. The molecule has 0 fully saturated rings. The van der Waals surface area contributed by atoms with Crippen molar-refractivity contribution in [3.05, 3.63) is 17.0 Å². The molecule has 1 aromatic rings. The summed E-state index contributed by atoms with van der Waals surface area (Å²) in [6.45, 7) is 6.22. The van der Waals surface area contributed by atoms with E-state index in [1.807, 2.05) is 4.68 Å². The second kappa shape index (κ2) is 3.53. The highest BCUT2D eigenvalue weighted by molar-refractivity contribution is 5.74. The lowest BCUT2D eigenvalue weighted by Gasteiger charge is -2.07. The van der Waals surface area contributed by atoms with E-state index >= 15 is 0 Å². The minimum atomic E-state index is 0.527. The lowest BCUT2D eigenvalue weighted by molar-refractivity contribution is 0.110. The number of aldehydes is 1. The van der Waals surface area contributed by atoms with Crippen molar-refractivity contribution >= 4 is 6.29 Å². The average molecular weight is 194 g/mol. The van der Waals surface area contributed by atoms with Gasteiger partial charge in [0.25, 0.3) is 0 Å². The Morgan fingerprint density at radius 1 is 1.57 bits per heavy atom. The van der Waals surface area contributed by atoms with Crippen LogP contribution in [-0.4, -0.2) is 16.1 Å². The number of carbonyl (C=O) groups is 1. The highest BCUT2D eigenvalue weighted by Crippen LogP contribution is 2.22. The molecule has 0 bridgehead atoms. The fraction of sp³-hybridized carbons (Fsp3) is 0.600. The Balaban J connectivity index is 2.36. The van der Waals surface area contributed by atoms with Crippen molar-refractivity contribution in [1.29, 1.82) is 0 Å². The summed E-state index contributed by atoms with van der Waals surface area (Å²) in [5, 5.41) is 4.26. The largest absolute Gasteiger partial charge is 0.370 e. The lowest BCUT2D eigenvalue weighted by atomic mass is 10.2. The van der Waals surface area contributed by atoms with Crippen LogP contribution in [0.5, 0.6) is 0 Å². The number of hydrogen-bond donors (Lipinski definition) is 0. The molecule has 0 spiro atoms. The smallest absolute Gasteiger partial charge is 0.170 e. The molecule has 1 aromatic heterocycles. The molecule has 1 aliphatic heterocycles. The molecule has 2 rings (SSSR count). The van der Waals surface area contributed by atoms with Gasteiger partial charge < -0.3 is 4.74 Å². The molecule has 4 nitrogen and oxygen atoms in total. The fourth-order valence-electron chi connectivity index (χ4n) is 1.71. The van der Waals surface area contributed by atoms with Gasteiger partial charge in [0.2, 0.25) is 0 Å². The van der Waals surface area contributed by atoms with E-state index < -0.39 is 0 Å². The summed E-state index contributed by atoms with van der Waals surface area (Å²) in [6.07, 6.45) is 0.810. The van der Waals surface area contributed by atoms with Crippen LogP contribution in [-0.2, 0) is 24.5 Å². The zero-order valence-corrected chi connectivity index (χ0v) is 8.49. The average Bonchev–Trinajstić information content (AvgIpc) is 2.67. The van der Waals surface area contributed by atoms with Crippen LogP contribution in [0.15, 0.2) is 0 Å². The third kappa shape index (κ3) is 1.46. The van der Waals surface area contributed by atoms with E-state index in [0.29, 0.717) is 24.8 Å². The van der Waals surface area contributed by atoms with Crippen molar-refractivity contribution < 1.29 is 9.53 Å². The first-order valence-electron chi connectivity index (χ1n) is 4.84. The molecule has 0 saturated carbocycles. The predicted molar refractivity (Wildman–Crippen MR) is 50.9 cm³/mol. The van der Waals surface area contributed by atoms with E-state index in [9.17, 15) is 4.79 Å². The summed E-state index contributed by atoms with van der Waals surface area (Å²) >= 11 is 0. The Morgan fingerprint density at radius 2 is 2.36 bits per heavy atom. The quantitative estimate of drug-likeness (QED) is 0.683. The summed E-state index contributed by atoms with van der Waals surface area (Å²) in [7, 11) is 0. The van der Waals surface area contributed by atoms with E-state index in [-0.39, 0.29) is 0 Å². The van der Waals surface area contributed by atoms with Crippen LogP contribution >= 0.6 is 0 Å².